The number of hydrogen-bond acceptors (Lipinski definition) is 3. The van der Waals surface area contributed by atoms with Gasteiger partial charge in [-0.2, -0.15) is 0 Å². The van der Waals surface area contributed by atoms with Gasteiger partial charge in [0.15, 0.2) is 0 Å². The maximum absolute atomic E-state index is 10.2. The minimum absolute atomic E-state index is 0.139. The summed E-state index contributed by atoms with van der Waals surface area (Å²) in [5.74, 6) is 0.139. The molecule has 4 N–H and O–H groups in total. The van der Waals surface area contributed by atoms with Crippen molar-refractivity contribution in [2.24, 2.45) is 5.73 Å². The molecular formula is C15H16BrNO2. The number of aliphatic hydroxyl groups is 1. The van der Waals surface area contributed by atoms with E-state index in [0.29, 0.717) is 12.0 Å². The summed E-state index contributed by atoms with van der Waals surface area (Å²) in [4.78, 5) is 0. The van der Waals surface area contributed by atoms with E-state index in [9.17, 15) is 10.2 Å². The summed E-state index contributed by atoms with van der Waals surface area (Å²) in [5, 5.41) is 19.7. The molecule has 2 atom stereocenters. The molecule has 4 heteroatoms. The highest BCUT2D eigenvalue weighted by molar-refractivity contribution is 9.10. The molecule has 0 bridgehead atoms. The molecule has 0 spiro atoms. The van der Waals surface area contributed by atoms with Crippen molar-refractivity contribution in [1.29, 1.82) is 0 Å². The van der Waals surface area contributed by atoms with Gasteiger partial charge in [0.2, 0.25) is 0 Å². The zero-order chi connectivity index (χ0) is 13.8. The highest BCUT2D eigenvalue weighted by Crippen LogP contribution is 2.28. The molecule has 2 aromatic rings. The average Bonchev–Trinajstić information content (AvgIpc) is 2.42. The molecule has 19 heavy (non-hydrogen) atoms. The molecule has 0 aliphatic carbocycles. The molecule has 0 aliphatic rings. The van der Waals surface area contributed by atoms with Gasteiger partial charge in [0.05, 0.1) is 12.1 Å². The second-order valence-corrected chi connectivity index (χ2v) is 5.34. The number of phenolic OH excluding ortho intramolecular Hbond substituents is 1. The van der Waals surface area contributed by atoms with Crippen molar-refractivity contribution in [2.45, 2.75) is 18.6 Å². The van der Waals surface area contributed by atoms with Crippen LogP contribution in [0, 0.1) is 0 Å². The van der Waals surface area contributed by atoms with Gasteiger partial charge in [0, 0.05) is 10.9 Å². The first kappa shape index (κ1) is 14.1. The van der Waals surface area contributed by atoms with Crippen LogP contribution in [0.15, 0.2) is 53.0 Å². The number of halogens is 1. The van der Waals surface area contributed by atoms with E-state index in [4.69, 9.17) is 5.73 Å². The Morgan fingerprint density at radius 1 is 1.11 bits per heavy atom. The molecule has 0 aliphatic heterocycles. The van der Waals surface area contributed by atoms with Gasteiger partial charge in [-0.15, -0.1) is 0 Å². The SMILES string of the molecule is N[C@@H](c1cc(O)ccc1Br)[C@H](O)Cc1ccccc1. The Balaban J connectivity index is 2.14. The van der Waals surface area contributed by atoms with Gasteiger partial charge in [0.1, 0.15) is 5.75 Å². The summed E-state index contributed by atoms with van der Waals surface area (Å²) in [6.45, 7) is 0. The van der Waals surface area contributed by atoms with Gasteiger partial charge in [-0.05, 0) is 29.3 Å². The number of phenols is 1. The number of hydrogen-bond donors (Lipinski definition) is 3. The molecule has 3 nitrogen and oxygen atoms in total. The molecule has 0 unspecified atom stereocenters. The lowest BCUT2D eigenvalue weighted by molar-refractivity contribution is 0.144. The first-order chi connectivity index (χ1) is 9.08. The van der Waals surface area contributed by atoms with Gasteiger partial charge < -0.3 is 15.9 Å². The maximum atomic E-state index is 10.2. The Morgan fingerprint density at radius 2 is 1.79 bits per heavy atom. The van der Waals surface area contributed by atoms with Crippen LogP contribution in [-0.2, 0) is 6.42 Å². The monoisotopic (exact) mass is 321 g/mol. The van der Waals surface area contributed by atoms with E-state index in [2.05, 4.69) is 15.9 Å². The highest BCUT2D eigenvalue weighted by Gasteiger charge is 2.19. The van der Waals surface area contributed by atoms with Crippen LogP contribution >= 0.6 is 15.9 Å². The topological polar surface area (TPSA) is 66.5 Å². The first-order valence-corrected chi connectivity index (χ1v) is 6.83. The van der Waals surface area contributed by atoms with E-state index in [1.807, 2.05) is 30.3 Å². The number of nitrogens with two attached hydrogens (primary N) is 1. The molecule has 0 saturated heterocycles. The van der Waals surface area contributed by atoms with Crippen LogP contribution in [-0.4, -0.2) is 16.3 Å². The third-order valence-corrected chi connectivity index (χ3v) is 3.76. The number of rotatable bonds is 4. The van der Waals surface area contributed by atoms with E-state index in [1.165, 1.54) is 0 Å². The predicted octanol–water partition coefficient (Wildman–Crippen LogP) is 2.76. The summed E-state index contributed by atoms with van der Waals surface area (Å²) < 4.78 is 0.782. The lowest BCUT2D eigenvalue weighted by atomic mass is 9.97. The summed E-state index contributed by atoms with van der Waals surface area (Å²) in [6, 6.07) is 14.0. The summed E-state index contributed by atoms with van der Waals surface area (Å²) in [7, 11) is 0. The third-order valence-electron chi connectivity index (χ3n) is 3.04. The van der Waals surface area contributed by atoms with Crippen molar-refractivity contribution in [3.63, 3.8) is 0 Å². The van der Waals surface area contributed by atoms with Crippen molar-refractivity contribution >= 4 is 15.9 Å². The van der Waals surface area contributed by atoms with E-state index >= 15 is 0 Å². The fourth-order valence-corrected chi connectivity index (χ4v) is 2.49. The predicted molar refractivity (Wildman–Crippen MR) is 78.9 cm³/mol. The van der Waals surface area contributed by atoms with Crippen molar-refractivity contribution in [3.05, 3.63) is 64.1 Å². The first-order valence-electron chi connectivity index (χ1n) is 6.04. The zero-order valence-corrected chi connectivity index (χ0v) is 11.9. The Morgan fingerprint density at radius 3 is 2.47 bits per heavy atom. The number of aromatic hydroxyl groups is 1. The Labute approximate surface area is 120 Å². The maximum Gasteiger partial charge on any atom is 0.115 e. The van der Waals surface area contributed by atoms with Gasteiger partial charge in [0.25, 0.3) is 0 Å². The molecule has 2 aromatic carbocycles. The third kappa shape index (κ3) is 3.56. The van der Waals surface area contributed by atoms with Gasteiger partial charge in [-0.1, -0.05) is 46.3 Å². The second-order valence-electron chi connectivity index (χ2n) is 4.49. The Kier molecular flexibility index (Phi) is 4.58. The van der Waals surface area contributed by atoms with E-state index in [-0.39, 0.29) is 5.75 Å². The van der Waals surface area contributed by atoms with Crippen LogP contribution in [0.2, 0.25) is 0 Å². The highest BCUT2D eigenvalue weighted by atomic mass is 79.9. The molecule has 100 valence electrons. The molecule has 0 fully saturated rings. The summed E-state index contributed by atoms with van der Waals surface area (Å²) in [6.07, 6.45) is -0.232. The zero-order valence-electron chi connectivity index (χ0n) is 10.3. The summed E-state index contributed by atoms with van der Waals surface area (Å²) in [5.41, 5.74) is 7.79. The van der Waals surface area contributed by atoms with E-state index in [0.717, 1.165) is 10.0 Å². The van der Waals surface area contributed by atoms with Crippen LogP contribution in [0.4, 0.5) is 0 Å². The van der Waals surface area contributed by atoms with Crippen LogP contribution in [0.3, 0.4) is 0 Å². The van der Waals surface area contributed by atoms with Crippen molar-refractivity contribution in [2.75, 3.05) is 0 Å². The number of aliphatic hydroxyl groups excluding tert-OH is 1. The van der Waals surface area contributed by atoms with Gasteiger partial charge >= 0.3 is 0 Å². The number of benzene rings is 2. The van der Waals surface area contributed by atoms with E-state index < -0.39 is 12.1 Å². The van der Waals surface area contributed by atoms with Crippen molar-refractivity contribution in [1.82, 2.24) is 0 Å². The van der Waals surface area contributed by atoms with Crippen LogP contribution in [0.1, 0.15) is 17.2 Å². The standard InChI is InChI=1S/C15H16BrNO2/c16-13-7-6-11(18)9-12(13)15(17)14(19)8-10-4-2-1-3-5-10/h1-7,9,14-15,18-19H,8,17H2/t14-,15+/m1/s1. The fraction of sp³-hybridized carbons (Fsp3) is 0.200. The van der Waals surface area contributed by atoms with Crippen molar-refractivity contribution in [3.8, 4) is 5.75 Å². The van der Waals surface area contributed by atoms with Gasteiger partial charge in [-0.3, -0.25) is 0 Å². The quantitative estimate of drug-likeness (QED) is 0.811. The van der Waals surface area contributed by atoms with Crippen molar-refractivity contribution < 1.29 is 10.2 Å². The Bertz CT molecular complexity index is 545. The van der Waals surface area contributed by atoms with Crippen LogP contribution < -0.4 is 5.73 Å². The van der Waals surface area contributed by atoms with E-state index in [1.54, 1.807) is 18.2 Å². The molecule has 0 heterocycles. The molecule has 0 saturated carbocycles. The van der Waals surface area contributed by atoms with Crippen LogP contribution in [0.5, 0.6) is 5.75 Å². The minimum Gasteiger partial charge on any atom is -0.508 e. The second kappa shape index (κ2) is 6.19. The molecule has 2 rings (SSSR count). The largest absolute Gasteiger partial charge is 0.508 e. The molecule has 0 radical (unpaired) electrons. The smallest absolute Gasteiger partial charge is 0.115 e. The lowest BCUT2D eigenvalue weighted by Gasteiger charge is -2.20. The normalized spacial score (nSPS) is 14.1. The average molecular weight is 322 g/mol. The Hall–Kier alpha value is -1.36. The minimum atomic E-state index is -0.708. The molecule has 0 amide bonds. The van der Waals surface area contributed by atoms with Gasteiger partial charge in [-0.25, -0.2) is 0 Å². The van der Waals surface area contributed by atoms with Crippen LogP contribution in [0.25, 0.3) is 0 Å². The summed E-state index contributed by atoms with van der Waals surface area (Å²) >= 11 is 3.38. The molecule has 0 aromatic heterocycles. The lowest BCUT2D eigenvalue weighted by Crippen LogP contribution is -2.28. The molecular weight excluding hydrogens is 306 g/mol. The fourth-order valence-electron chi connectivity index (χ4n) is 1.98.